The van der Waals surface area contributed by atoms with Crippen molar-refractivity contribution in [3.05, 3.63) is 63.8 Å². The predicted octanol–water partition coefficient (Wildman–Crippen LogP) is 3.37. The molecule has 6 heteroatoms. The fraction of sp³-hybridized carbons (Fsp3) is 0.316. The summed E-state index contributed by atoms with van der Waals surface area (Å²) in [7, 11) is 0. The molecule has 0 atom stereocenters. The van der Waals surface area contributed by atoms with E-state index in [4.69, 9.17) is 8.94 Å². The van der Waals surface area contributed by atoms with Gasteiger partial charge in [0.15, 0.2) is 5.43 Å². The second-order valence-corrected chi connectivity index (χ2v) is 6.38. The van der Waals surface area contributed by atoms with Gasteiger partial charge in [-0.25, -0.2) is 0 Å². The first-order valence-electron chi connectivity index (χ1n) is 8.46. The van der Waals surface area contributed by atoms with Gasteiger partial charge < -0.3 is 14.3 Å². The lowest BCUT2D eigenvalue weighted by Gasteiger charge is -2.04. The molecular formula is C19H18N2O4. The summed E-state index contributed by atoms with van der Waals surface area (Å²) < 4.78 is 10.7. The van der Waals surface area contributed by atoms with E-state index in [1.54, 1.807) is 18.2 Å². The van der Waals surface area contributed by atoms with E-state index < -0.39 is 0 Å². The maximum absolute atomic E-state index is 12.3. The van der Waals surface area contributed by atoms with Crippen LogP contribution in [-0.4, -0.2) is 11.1 Å². The van der Waals surface area contributed by atoms with Crippen LogP contribution in [0, 0.1) is 0 Å². The molecule has 2 aromatic heterocycles. The highest BCUT2D eigenvalue weighted by Crippen LogP contribution is 2.34. The Kier molecular flexibility index (Phi) is 4.09. The number of nitrogens with zero attached hydrogens (tertiary/aromatic N) is 1. The van der Waals surface area contributed by atoms with Crippen LogP contribution in [0.1, 0.15) is 53.4 Å². The van der Waals surface area contributed by atoms with Gasteiger partial charge in [-0.2, -0.15) is 0 Å². The van der Waals surface area contributed by atoms with Crippen molar-refractivity contribution < 1.29 is 13.7 Å². The number of benzene rings is 1. The van der Waals surface area contributed by atoms with E-state index in [0.29, 0.717) is 34.7 Å². The van der Waals surface area contributed by atoms with Crippen molar-refractivity contribution in [3.8, 4) is 0 Å². The third-order valence-corrected chi connectivity index (χ3v) is 4.69. The minimum Gasteiger partial charge on any atom is -0.464 e. The molecule has 2 heterocycles. The zero-order valence-electron chi connectivity index (χ0n) is 13.7. The van der Waals surface area contributed by atoms with Crippen molar-refractivity contribution in [1.29, 1.82) is 0 Å². The molecule has 0 saturated heterocycles. The minimum absolute atomic E-state index is 0.129. The second-order valence-electron chi connectivity index (χ2n) is 6.38. The van der Waals surface area contributed by atoms with Crippen LogP contribution in [0.3, 0.4) is 0 Å². The van der Waals surface area contributed by atoms with Crippen molar-refractivity contribution in [2.75, 3.05) is 0 Å². The number of carbonyl (C=O) groups excluding carboxylic acids is 1. The van der Waals surface area contributed by atoms with Gasteiger partial charge in [0.2, 0.25) is 0 Å². The third kappa shape index (κ3) is 3.20. The van der Waals surface area contributed by atoms with Crippen molar-refractivity contribution in [1.82, 2.24) is 10.5 Å². The van der Waals surface area contributed by atoms with Gasteiger partial charge in [-0.05, 0) is 31.0 Å². The van der Waals surface area contributed by atoms with Gasteiger partial charge in [-0.15, -0.1) is 0 Å². The van der Waals surface area contributed by atoms with E-state index in [-0.39, 0.29) is 11.3 Å². The average Bonchev–Trinajstić information content (AvgIpc) is 3.31. The average molecular weight is 338 g/mol. The highest BCUT2D eigenvalue weighted by molar-refractivity contribution is 5.97. The molecule has 0 spiro atoms. The van der Waals surface area contributed by atoms with Crippen LogP contribution in [0.25, 0.3) is 11.0 Å². The number of hydrogen-bond acceptors (Lipinski definition) is 5. The molecule has 1 fully saturated rings. The summed E-state index contributed by atoms with van der Waals surface area (Å²) >= 11 is 0. The zero-order valence-corrected chi connectivity index (χ0v) is 13.7. The number of carbonyl (C=O) groups is 1. The van der Waals surface area contributed by atoms with Gasteiger partial charge in [-0.1, -0.05) is 18.0 Å². The topological polar surface area (TPSA) is 85.3 Å². The Morgan fingerprint density at radius 2 is 2.04 bits per heavy atom. The lowest BCUT2D eigenvalue weighted by atomic mass is 10.1. The number of fused-ring (bicyclic) bond motifs is 1. The van der Waals surface area contributed by atoms with Crippen LogP contribution in [0.15, 0.2) is 50.3 Å². The molecule has 6 nitrogen and oxygen atoms in total. The van der Waals surface area contributed by atoms with E-state index in [1.165, 1.54) is 25.2 Å². The van der Waals surface area contributed by atoms with E-state index in [9.17, 15) is 9.59 Å². The first kappa shape index (κ1) is 15.6. The van der Waals surface area contributed by atoms with E-state index in [2.05, 4.69) is 10.5 Å². The molecule has 4 rings (SSSR count). The molecule has 0 aliphatic heterocycles. The smallest absolute Gasteiger partial charge is 0.251 e. The Hall–Kier alpha value is -2.89. The lowest BCUT2D eigenvalue weighted by Crippen LogP contribution is -2.23. The number of nitrogens with one attached hydrogen (secondary N) is 1. The Morgan fingerprint density at radius 3 is 2.88 bits per heavy atom. The van der Waals surface area contributed by atoms with Gasteiger partial charge >= 0.3 is 0 Å². The molecule has 0 unspecified atom stereocenters. The Bertz CT molecular complexity index is 967. The van der Waals surface area contributed by atoms with Gasteiger partial charge in [-0.3, -0.25) is 9.59 Å². The number of rotatable bonds is 4. The summed E-state index contributed by atoms with van der Waals surface area (Å²) in [6, 6.07) is 8.06. The summed E-state index contributed by atoms with van der Waals surface area (Å²) in [4.78, 5) is 24.0. The highest BCUT2D eigenvalue weighted by Gasteiger charge is 2.21. The lowest BCUT2D eigenvalue weighted by molar-refractivity contribution is 0.0950. The summed E-state index contributed by atoms with van der Waals surface area (Å²) in [6.45, 7) is 0.297. The third-order valence-electron chi connectivity index (χ3n) is 4.69. The predicted molar refractivity (Wildman–Crippen MR) is 91.4 cm³/mol. The van der Waals surface area contributed by atoms with Crippen molar-refractivity contribution in [2.24, 2.45) is 0 Å². The summed E-state index contributed by atoms with van der Waals surface area (Å²) in [5.41, 5.74) is 1.41. The molecule has 25 heavy (non-hydrogen) atoms. The highest BCUT2D eigenvalue weighted by atomic mass is 16.5. The molecule has 0 bridgehead atoms. The van der Waals surface area contributed by atoms with Crippen molar-refractivity contribution in [2.45, 2.75) is 38.1 Å². The quantitative estimate of drug-likeness (QED) is 0.788. The van der Waals surface area contributed by atoms with Gasteiger partial charge in [0.05, 0.1) is 18.2 Å². The van der Waals surface area contributed by atoms with Crippen LogP contribution in [0.5, 0.6) is 0 Å². The number of amides is 1. The molecular weight excluding hydrogens is 320 g/mol. The summed E-state index contributed by atoms with van der Waals surface area (Å²) in [5, 5.41) is 7.31. The van der Waals surface area contributed by atoms with E-state index in [0.717, 1.165) is 18.6 Å². The molecule has 3 aromatic rings. The summed E-state index contributed by atoms with van der Waals surface area (Å²) in [6.07, 6.45) is 6.07. The van der Waals surface area contributed by atoms with Gasteiger partial charge in [0.25, 0.3) is 5.91 Å². The SMILES string of the molecule is O=C(NCc1cc(C2CCCC2)on1)c1ccc2c(=O)ccoc2c1. The Labute approximate surface area is 143 Å². The van der Waals surface area contributed by atoms with Gasteiger partial charge in [0, 0.05) is 23.6 Å². The molecule has 1 N–H and O–H groups in total. The van der Waals surface area contributed by atoms with Crippen LogP contribution >= 0.6 is 0 Å². The maximum atomic E-state index is 12.3. The fourth-order valence-electron chi connectivity index (χ4n) is 3.31. The normalized spacial score (nSPS) is 14.9. The zero-order chi connectivity index (χ0) is 17.2. The minimum atomic E-state index is -0.251. The first-order valence-corrected chi connectivity index (χ1v) is 8.46. The summed E-state index contributed by atoms with van der Waals surface area (Å²) in [5.74, 6) is 1.12. The molecule has 1 aromatic carbocycles. The van der Waals surface area contributed by atoms with Crippen LogP contribution in [-0.2, 0) is 6.54 Å². The molecule has 1 aliphatic rings. The molecule has 1 aliphatic carbocycles. The molecule has 1 amide bonds. The van der Waals surface area contributed by atoms with Crippen molar-refractivity contribution in [3.63, 3.8) is 0 Å². The second kappa shape index (κ2) is 6.55. The number of hydrogen-bond donors (Lipinski definition) is 1. The first-order chi connectivity index (χ1) is 12.2. The van der Waals surface area contributed by atoms with Gasteiger partial charge in [0.1, 0.15) is 17.0 Å². The molecule has 1 saturated carbocycles. The fourth-order valence-corrected chi connectivity index (χ4v) is 3.31. The maximum Gasteiger partial charge on any atom is 0.251 e. The van der Waals surface area contributed by atoms with E-state index >= 15 is 0 Å². The van der Waals surface area contributed by atoms with E-state index in [1.807, 2.05) is 6.07 Å². The van der Waals surface area contributed by atoms with Crippen LogP contribution < -0.4 is 10.7 Å². The Balaban J connectivity index is 1.44. The van der Waals surface area contributed by atoms with Crippen LogP contribution in [0.4, 0.5) is 0 Å². The molecule has 128 valence electrons. The molecule has 0 radical (unpaired) electrons. The Morgan fingerprint density at radius 1 is 1.20 bits per heavy atom. The van der Waals surface area contributed by atoms with Crippen molar-refractivity contribution >= 4 is 16.9 Å². The number of aromatic nitrogens is 1. The standard InChI is InChI=1S/C19H18N2O4/c22-16-7-8-24-18-9-13(5-6-15(16)18)19(23)20-11-14-10-17(25-21-14)12-3-1-2-4-12/h5-10,12H,1-4,11H2,(H,20,23). The largest absolute Gasteiger partial charge is 0.464 e. The monoisotopic (exact) mass is 338 g/mol. The van der Waals surface area contributed by atoms with Crippen LogP contribution in [0.2, 0.25) is 0 Å².